The van der Waals surface area contributed by atoms with Crippen LogP contribution < -0.4 is 0 Å². The molecule has 0 spiro atoms. The summed E-state index contributed by atoms with van der Waals surface area (Å²) in [5, 5.41) is 0. The van der Waals surface area contributed by atoms with Gasteiger partial charge in [-0.3, -0.25) is 0 Å². The van der Waals surface area contributed by atoms with Crippen LogP contribution in [0.5, 0.6) is 0 Å². The van der Waals surface area contributed by atoms with Gasteiger partial charge in [-0.25, -0.2) is 0 Å². The van der Waals surface area contributed by atoms with Crippen molar-refractivity contribution in [2.24, 2.45) is 11.8 Å². The van der Waals surface area contributed by atoms with Gasteiger partial charge in [0.05, 0.1) is 6.61 Å². The molecule has 90 valence electrons. The first kappa shape index (κ1) is 13.1. The second-order valence-electron chi connectivity index (χ2n) is 4.76. The molecule has 1 aliphatic carbocycles. The molecule has 16 heavy (non-hydrogen) atoms. The summed E-state index contributed by atoms with van der Waals surface area (Å²) in [6, 6.07) is 0. The molecule has 0 atom stereocenters. The zero-order chi connectivity index (χ0) is 12.0. The summed E-state index contributed by atoms with van der Waals surface area (Å²) in [4.78, 5) is 0. The third-order valence-corrected chi connectivity index (χ3v) is 3.35. The first-order valence-corrected chi connectivity index (χ1v) is 6.32. The summed E-state index contributed by atoms with van der Waals surface area (Å²) in [6.07, 6.45) is 9.24. The summed E-state index contributed by atoms with van der Waals surface area (Å²) in [5.41, 5.74) is 1.23. The monoisotopic (exact) mass is 220 g/mol. The number of hydrogen-bond acceptors (Lipinski definition) is 1. The highest BCUT2D eigenvalue weighted by molar-refractivity contribution is 5.23. The van der Waals surface area contributed by atoms with Gasteiger partial charge in [0.25, 0.3) is 0 Å². The van der Waals surface area contributed by atoms with Crippen LogP contribution in [0.25, 0.3) is 0 Å². The van der Waals surface area contributed by atoms with Crippen LogP contribution in [0.4, 0.5) is 0 Å². The fraction of sp³-hybridized carbons (Fsp3) is 0.600. The molecule has 1 saturated carbocycles. The Balaban J connectivity index is 2.37. The van der Waals surface area contributed by atoms with Crippen molar-refractivity contribution in [3.63, 3.8) is 0 Å². The average molecular weight is 220 g/mol. The van der Waals surface area contributed by atoms with E-state index in [1.807, 2.05) is 13.0 Å². The number of rotatable bonds is 5. The third-order valence-electron chi connectivity index (χ3n) is 3.35. The molecule has 1 nitrogen and oxygen atoms in total. The van der Waals surface area contributed by atoms with Crippen LogP contribution in [-0.2, 0) is 4.74 Å². The Bertz CT molecular complexity index is 267. The summed E-state index contributed by atoms with van der Waals surface area (Å²) in [7, 11) is 0. The summed E-state index contributed by atoms with van der Waals surface area (Å²) in [6.45, 7) is 13.0. The third kappa shape index (κ3) is 4.26. The van der Waals surface area contributed by atoms with Gasteiger partial charge in [-0.2, -0.15) is 0 Å². The molecule has 0 N–H and O–H groups in total. The van der Waals surface area contributed by atoms with Gasteiger partial charge in [0.15, 0.2) is 0 Å². The van der Waals surface area contributed by atoms with E-state index < -0.39 is 0 Å². The molecule has 0 bridgehead atoms. The lowest BCUT2D eigenvalue weighted by atomic mass is 9.79. The van der Waals surface area contributed by atoms with Gasteiger partial charge in [-0.1, -0.05) is 44.6 Å². The molecule has 0 aromatic rings. The van der Waals surface area contributed by atoms with Crippen molar-refractivity contribution in [2.45, 2.75) is 39.5 Å². The maximum absolute atomic E-state index is 5.27. The Kier molecular flexibility index (Phi) is 5.37. The molecule has 0 aromatic heterocycles. The van der Waals surface area contributed by atoms with Gasteiger partial charge in [0, 0.05) is 0 Å². The lowest BCUT2D eigenvalue weighted by Gasteiger charge is -2.26. The minimum absolute atomic E-state index is 0.668. The minimum Gasteiger partial charge on any atom is -0.495 e. The molecule has 0 aliphatic heterocycles. The van der Waals surface area contributed by atoms with Crippen LogP contribution in [0, 0.1) is 11.8 Å². The van der Waals surface area contributed by atoms with Crippen LogP contribution >= 0.6 is 0 Å². The van der Waals surface area contributed by atoms with Gasteiger partial charge in [0.1, 0.15) is 5.76 Å². The van der Waals surface area contributed by atoms with Crippen molar-refractivity contribution in [2.75, 3.05) is 6.61 Å². The van der Waals surface area contributed by atoms with Gasteiger partial charge in [0.2, 0.25) is 0 Å². The topological polar surface area (TPSA) is 9.23 Å². The molecular formula is C15H24O. The summed E-state index contributed by atoms with van der Waals surface area (Å²) in [5.74, 6) is 2.29. The molecular weight excluding hydrogens is 196 g/mol. The minimum atomic E-state index is 0.668. The van der Waals surface area contributed by atoms with Crippen LogP contribution in [0.1, 0.15) is 39.5 Å². The van der Waals surface area contributed by atoms with E-state index in [0.717, 1.165) is 11.7 Å². The molecule has 0 saturated heterocycles. The summed E-state index contributed by atoms with van der Waals surface area (Å²) < 4.78 is 5.27. The largest absolute Gasteiger partial charge is 0.495 e. The lowest BCUT2D eigenvalue weighted by molar-refractivity contribution is 0.244. The van der Waals surface area contributed by atoms with Crippen molar-refractivity contribution < 1.29 is 4.74 Å². The van der Waals surface area contributed by atoms with E-state index in [0.29, 0.717) is 12.5 Å². The second-order valence-corrected chi connectivity index (χ2v) is 4.76. The zero-order valence-corrected chi connectivity index (χ0v) is 10.7. The average Bonchev–Trinajstić information content (AvgIpc) is 2.27. The van der Waals surface area contributed by atoms with Crippen molar-refractivity contribution in [3.05, 3.63) is 36.6 Å². The normalized spacial score (nSPS) is 25.6. The van der Waals surface area contributed by atoms with E-state index in [1.54, 1.807) is 0 Å². The molecule has 1 rings (SSSR count). The fourth-order valence-corrected chi connectivity index (χ4v) is 2.20. The quantitative estimate of drug-likeness (QED) is 0.490. The maximum atomic E-state index is 5.27. The number of allylic oxidation sites excluding steroid dienone is 3. The smallest absolute Gasteiger partial charge is 0.112 e. The molecule has 1 heteroatoms. The first-order chi connectivity index (χ1) is 7.63. The van der Waals surface area contributed by atoms with E-state index in [-0.39, 0.29) is 0 Å². The van der Waals surface area contributed by atoms with E-state index >= 15 is 0 Å². The van der Waals surface area contributed by atoms with E-state index in [9.17, 15) is 0 Å². The van der Waals surface area contributed by atoms with Crippen LogP contribution in [0.3, 0.4) is 0 Å². The van der Waals surface area contributed by atoms with E-state index in [2.05, 4.69) is 26.2 Å². The Hall–Kier alpha value is -0.980. The highest BCUT2D eigenvalue weighted by Gasteiger charge is 2.18. The zero-order valence-electron chi connectivity index (χ0n) is 10.7. The van der Waals surface area contributed by atoms with Crippen molar-refractivity contribution >= 4 is 0 Å². The highest BCUT2D eigenvalue weighted by Crippen LogP contribution is 2.32. The van der Waals surface area contributed by atoms with Gasteiger partial charge < -0.3 is 4.74 Å². The summed E-state index contributed by atoms with van der Waals surface area (Å²) >= 11 is 0. The molecule has 1 fully saturated rings. The highest BCUT2D eigenvalue weighted by atomic mass is 16.5. The molecule has 0 heterocycles. The lowest BCUT2D eigenvalue weighted by Crippen LogP contribution is -2.13. The number of hydrogen-bond donors (Lipinski definition) is 0. The van der Waals surface area contributed by atoms with Crippen molar-refractivity contribution in [1.29, 1.82) is 0 Å². The maximum Gasteiger partial charge on any atom is 0.112 e. The fourth-order valence-electron chi connectivity index (χ4n) is 2.20. The second kappa shape index (κ2) is 6.57. The Morgan fingerprint density at radius 3 is 2.38 bits per heavy atom. The Labute approximate surface area is 99.9 Å². The predicted octanol–water partition coefficient (Wildman–Crippen LogP) is 4.48. The van der Waals surface area contributed by atoms with Crippen molar-refractivity contribution in [3.8, 4) is 0 Å². The van der Waals surface area contributed by atoms with Crippen LogP contribution in [-0.4, -0.2) is 6.61 Å². The van der Waals surface area contributed by atoms with Gasteiger partial charge >= 0.3 is 0 Å². The molecule has 0 amide bonds. The van der Waals surface area contributed by atoms with Gasteiger partial charge in [-0.05, 0) is 37.7 Å². The molecule has 1 aliphatic rings. The Morgan fingerprint density at radius 2 is 1.81 bits per heavy atom. The van der Waals surface area contributed by atoms with Crippen molar-refractivity contribution in [1.82, 2.24) is 0 Å². The molecule has 0 unspecified atom stereocenters. The van der Waals surface area contributed by atoms with Gasteiger partial charge in [-0.15, -0.1) is 0 Å². The van der Waals surface area contributed by atoms with Crippen LogP contribution in [0.2, 0.25) is 0 Å². The Morgan fingerprint density at radius 1 is 1.19 bits per heavy atom. The molecule has 0 aromatic carbocycles. The van der Waals surface area contributed by atoms with E-state index in [1.165, 1.54) is 31.3 Å². The SMILES string of the molecule is C=C(/C=C\C(=C)C1CCC(C)CC1)OCC. The standard InChI is InChI=1S/C15H24O/c1-5-16-14(4)9-8-13(3)15-10-6-12(2)7-11-15/h8-9,12,15H,3-7,10-11H2,1-2H3/b9-8-. The predicted molar refractivity (Wildman–Crippen MR) is 70.2 cm³/mol. The number of ether oxygens (including phenoxy) is 1. The molecule has 0 radical (unpaired) electrons. The first-order valence-electron chi connectivity index (χ1n) is 6.32. The van der Waals surface area contributed by atoms with E-state index in [4.69, 9.17) is 4.74 Å². The van der Waals surface area contributed by atoms with Crippen LogP contribution in [0.15, 0.2) is 36.6 Å².